The van der Waals surface area contributed by atoms with Crippen molar-refractivity contribution >= 4 is 43.3 Å². The van der Waals surface area contributed by atoms with E-state index in [9.17, 15) is 5.11 Å². The summed E-state index contributed by atoms with van der Waals surface area (Å²) in [7, 11) is 0. The molecule has 1 aliphatic rings. The SMILES string of the molecule is OC[C@H]1CCCN(c2ncnc3scc(-c4ccc(Br)cc4)c23)C1. The number of aliphatic hydroxyl groups is 1. The van der Waals surface area contributed by atoms with Crippen molar-refractivity contribution in [3.63, 3.8) is 0 Å². The van der Waals surface area contributed by atoms with Crippen LogP contribution in [0.2, 0.25) is 0 Å². The lowest BCUT2D eigenvalue weighted by Gasteiger charge is -2.33. The van der Waals surface area contributed by atoms with Crippen molar-refractivity contribution in [3.05, 3.63) is 40.4 Å². The van der Waals surface area contributed by atoms with Gasteiger partial charge in [-0.05, 0) is 36.5 Å². The predicted molar refractivity (Wildman–Crippen MR) is 103 cm³/mol. The summed E-state index contributed by atoms with van der Waals surface area (Å²) in [4.78, 5) is 12.4. The van der Waals surface area contributed by atoms with Crippen LogP contribution in [-0.2, 0) is 0 Å². The van der Waals surface area contributed by atoms with Crippen molar-refractivity contribution in [1.82, 2.24) is 9.97 Å². The highest BCUT2D eigenvalue weighted by molar-refractivity contribution is 9.10. The van der Waals surface area contributed by atoms with E-state index >= 15 is 0 Å². The average Bonchev–Trinajstić information content (AvgIpc) is 3.06. The van der Waals surface area contributed by atoms with E-state index in [0.717, 1.165) is 46.4 Å². The number of nitrogens with zero attached hydrogens (tertiary/aromatic N) is 3. The summed E-state index contributed by atoms with van der Waals surface area (Å²) >= 11 is 5.15. The molecule has 6 heteroatoms. The Hall–Kier alpha value is -1.50. The van der Waals surface area contributed by atoms with Crippen molar-refractivity contribution < 1.29 is 5.11 Å². The van der Waals surface area contributed by atoms with Crippen LogP contribution in [0.15, 0.2) is 40.4 Å². The molecule has 1 aromatic carbocycles. The van der Waals surface area contributed by atoms with E-state index in [4.69, 9.17) is 0 Å². The quantitative estimate of drug-likeness (QED) is 0.706. The maximum absolute atomic E-state index is 9.53. The molecule has 124 valence electrons. The van der Waals surface area contributed by atoms with E-state index in [1.807, 2.05) is 0 Å². The summed E-state index contributed by atoms with van der Waals surface area (Å²) < 4.78 is 1.07. The van der Waals surface area contributed by atoms with Crippen LogP contribution in [0.4, 0.5) is 5.82 Å². The van der Waals surface area contributed by atoms with Gasteiger partial charge in [0.25, 0.3) is 0 Å². The summed E-state index contributed by atoms with van der Waals surface area (Å²) in [5.41, 5.74) is 2.36. The van der Waals surface area contributed by atoms with Crippen molar-refractivity contribution in [2.75, 3.05) is 24.6 Å². The number of fused-ring (bicyclic) bond motifs is 1. The van der Waals surface area contributed by atoms with Crippen LogP contribution in [-0.4, -0.2) is 34.8 Å². The van der Waals surface area contributed by atoms with Gasteiger partial charge in [-0.2, -0.15) is 0 Å². The lowest BCUT2D eigenvalue weighted by Crippen LogP contribution is -2.37. The van der Waals surface area contributed by atoms with Crippen LogP contribution in [0.5, 0.6) is 0 Å². The molecule has 1 aliphatic heterocycles. The Balaban J connectivity index is 1.81. The summed E-state index contributed by atoms with van der Waals surface area (Å²) in [6, 6.07) is 8.36. The Morgan fingerprint density at radius 1 is 1.25 bits per heavy atom. The van der Waals surface area contributed by atoms with E-state index in [-0.39, 0.29) is 6.61 Å². The summed E-state index contributed by atoms with van der Waals surface area (Å²) in [5, 5.41) is 12.8. The van der Waals surface area contributed by atoms with Gasteiger partial charge in [-0.3, -0.25) is 0 Å². The van der Waals surface area contributed by atoms with Gasteiger partial charge >= 0.3 is 0 Å². The maximum atomic E-state index is 9.53. The molecule has 0 spiro atoms. The third-order valence-electron chi connectivity index (χ3n) is 4.58. The minimum Gasteiger partial charge on any atom is -0.396 e. The zero-order chi connectivity index (χ0) is 16.5. The zero-order valence-electron chi connectivity index (χ0n) is 13.2. The Morgan fingerprint density at radius 3 is 2.88 bits per heavy atom. The van der Waals surface area contributed by atoms with E-state index in [0.29, 0.717) is 5.92 Å². The van der Waals surface area contributed by atoms with Gasteiger partial charge < -0.3 is 10.0 Å². The number of hydrogen-bond acceptors (Lipinski definition) is 5. The fraction of sp³-hybridized carbons (Fsp3) is 0.333. The van der Waals surface area contributed by atoms with Crippen LogP contribution in [0, 0.1) is 5.92 Å². The molecule has 0 saturated carbocycles. The number of benzene rings is 1. The smallest absolute Gasteiger partial charge is 0.141 e. The molecule has 3 heterocycles. The number of hydrogen-bond donors (Lipinski definition) is 1. The fourth-order valence-corrected chi connectivity index (χ4v) is 4.52. The Labute approximate surface area is 153 Å². The van der Waals surface area contributed by atoms with Crippen molar-refractivity contribution in [2.24, 2.45) is 5.92 Å². The number of piperidine rings is 1. The zero-order valence-corrected chi connectivity index (χ0v) is 15.6. The molecule has 1 atom stereocenters. The molecular formula is C18H18BrN3OS. The first-order valence-electron chi connectivity index (χ1n) is 8.10. The largest absolute Gasteiger partial charge is 0.396 e. The molecule has 4 rings (SSSR count). The predicted octanol–water partition coefficient (Wildman–Crippen LogP) is 4.33. The molecule has 0 aliphatic carbocycles. The molecule has 0 amide bonds. The molecule has 1 N–H and O–H groups in total. The van der Waals surface area contributed by atoms with E-state index in [1.165, 1.54) is 11.1 Å². The summed E-state index contributed by atoms with van der Waals surface area (Å²) in [5.74, 6) is 1.33. The molecule has 0 radical (unpaired) electrons. The van der Waals surface area contributed by atoms with Crippen molar-refractivity contribution in [2.45, 2.75) is 12.8 Å². The molecule has 0 bridgehead atoms. The first-order chi connectivity index (χ1) is 11.8. The Bertz CT molecular complexity index is 849. The van der Waals surface area contributed by atoms with Crippen molar-refractivity contribution in [3.8, 4) is 11.1 Å². The minimum absolute atomic E-state index is 0.244. The highest BCUT2D eigenvalue weighted by Gasteiger charge is 2.23. The molecule has 2 aromatic heterocycles. The number of rotatable bonds is 3. The molecule has 1 fully saturated rings. The van der Waals surface area contributed by atoms with Gasteiger partial charge in [-0.1, -0.05) is 28.1 Å². The van der Waals surface area contributed by atoms with Crippen molar-refractivity contribution in [1.29, 1.82) is 0 Å². The molecular weight excluding hydrogens is 386 g/mol. The minimum atomic E-state index is 0.244. The highest BCUT2D eigenvalue weighted by atomic mass is 79.9. The van der Waals surface area contributed by atoms with Crippen LogP contribution in [0.1, 0.15) is 12.8 Å². The van der Waals surface area contributed by atoms with Crippen LogP contribution >= 0.6 is 27.3 Å². The monoisotopic (exact) mass is 403 g/mol. The normalized spacial score (nSPS) is 18.2. The summed E-state index contributed by atoms with van der Waals surface area (Å²) in [6.07, 6.45) is 3.83. The summed E-state index contributed by atoms with van der Waals surface area (Å²) in [6.45, 7) is 2.09. The molecule has 1 saturated heterocycles. The van der Waals surface area contributed by atoms with Gasteiger partial charge in [-0.25, -0.2) is 9.97 Å². The highest BCUT2D eigenvalue weighted by Crippen LogP contribution is 2.39. The first-order valence-corrected chi connectivity index (χ1v) is 9.77. The molecule has 3 aromatic rings. The van der Waals surface area contributed by atoms with Crippen LogP contribution < -0.4 is 4.90 Å². The molecule has 4 nitrogen and oxygen atoms in total. The van der Waals surface area contributed by atoms with Gasteiger partial charge in [0.1, 0.15) is 17.0 Å². The fourth-order valence-electron chi connectivity index (χ4n) is 3.35. The number of halogens is 1. The maximum Gasteiger partial charge on any atom is 0.141 e. The van der Waals surface area contributed by atoms with Gasteiger partial charge in [0.2, 0.25) is 0 Å². The van der Waals surface area contributed by atoms with Gasteiger partial charge in [0.15, 0.2) is 0 Å². The van der Waals surface area contributed by atoms with E-state index in [2.05, 4.69) is 60.4 Å². The third kappa shape index (κ3) is 2.94. The van der Waals surface area contributed by atoms with E-state index in [1.54, 1.807) is 17.7 Å². The van der Waals surface area contributed by atoms with Gasteiger partial charge in [0.05, 0.1) is 5.39 Å². The number of anilines is 1. The Kier molecular flexibility index (Phi) is 4.52. The second-order valence-corrected chi connectivity index (χ2v) is 7.94. The second-order valence-electron chi connectivity index (χ2n) is 6.17. The van der Waals surface area contributed by atoms with Crippen LogP contribution in [0.3, 0.4) is 0 Å². The lowest BCUT2D eigenvalue weighted by atomic mass is 9.98. The second kappa shape index (κ2) is 6.78. The number of thiophene rings is 1. The average molecular weight is 404 g/mol. The van der Waals surface area contributed by atoms with Gasteiger partial charge in [0, 0.05) is 35.1 Å². The molecule has 0 unspecified atom stereocenters. The van der Waals surface area contributed by atoms with Gasteiger partial charge in [-0.15, -0.1) is 11.3 Å². The first kappa shape index (κ1) is 16.0. The van der Waals surface area contributed by atoms with Crippen LogP contribution in [0.25, 0.3) is 21.3 Å². The number of aromatic nitrogens is 2. The van der Waals surface area contributed by atoms with E-state index < -0.39 is 0 Å². The number of aliphatic hydroxyl groups excluding tert-OH is 1. The third-order valence-corrected chi connectivity index (χ3v) is 6.00. The lowest BCUT2D eigenvalue weighted by molar-refractivity contribution is 0.208. The standard InChI is InChI=1S/C18H18BrN3OS/c19-14-5-3-13(4-6-14)15-10-24-18-16(15)17(20-11-21-18)22-7-1-2-12(8-22)9-23/h3-6,10-12,23H,1-2,7-9H2/t12-/m0/s1. The Morgan fingerprint density at radius 2 is 2.08 bits per heavy atom. The molecule has 24 heavy (non-hydrogen) atoms. The topological polar surface area (TPSA) is 49.2 Å².